The van der Waals surface area contributed by atoms with Crippen LogP contribution in [-0.2, 0) is 11.3 Å². The fourth-order valence-electron chi connectivity index (χ4n) is 1.79. The van der Waals surface area contributed by atoms with E-state index in [0.717, 1.165) is 5.56 Å². The number of nitrogens with zero attached hydrogens (tertiary/aromatic N) is 1. The van der Waals surface area contributed by atoms with Crippen LogP contribution >= 0.6 is 15.9 Å². The van der Waals surface area contributed by atoms with E-state index >= 15 is 0 Å². The first-order valence-corrected chi connectivity index (χ1v) is 7.31. The van der Waals surface area contributed by atoms with E-state index in [1.54, 1.807) is 25.2 Å². The molecule has 2 rings (SSSR count). The Morgan fingerprint density at radius 3 is 2.50 bits per heavy atom. The number of carbonyl (C=O) groups is 1. The highest BCUT2D eigenvalue weighted by molar-refractivity contribution is 9.10. The van der Waals surface area contributed by atoms with Gasteiger partial charge in [-0.05, 0) is 35.9 Å². The zero-order valence-corrected chi connectivity index (χ0v) is 13.4. The van der Waals surface area contributed by atoms with Gasteiger partial charge in [0.25, 0.3) is 5.91 Å². The van der Waals surface area contributed by atoms with Crippen molar-refractivity contribution in [2.75, 3.05) is 13.7 Å². The molecule has 2 aromatic carbocycles. The molecular weight excluding hydrogens is 356 g/mol. The van der Waals surface area contributed by atoms with E-state index < -0.39 is 5.82 Å². The normalized spacial score (nSPS) is 10.4. The average molecular weight is 370 g/mol. The van der Waals surface area contributed by atoms with Gasteiger partial charge in [-0.25, -0.2) is 8.78 Å². The highest BCUT2D eigenvalue weighted by Crippen LogP contribution is 2.21. The number of halogens is 3. The first-order chi connectivity index (χ1) is 10.5. The number of amides is 1. The van der Waals surface area contributed by atoms with Crippen molar-refractivity contribution in [2.45, 2.75) is 6.54 Å². The second-order valence-corrected chi connectivity index (χ2v) is 5.66. The van der Waals surface area contributed by atoms with Crippen molar-refractivity contribution in [1.29, 1.82) is 0 Å². The maximum atomic E-state index is 13.6. The molecule has 0 saturated heterocycles. The molecule has 0 aromatic heterocycles. The van der Waals surface area contributed by atoms with Gasteiger partial charge in [-0.1, -0.05) is 28.1 Å². The van der Waals surface area contributed by atoms with Crippen molar-refractivity contribution < 1.29 is 18.3 Å². The summed E-state index contributed by atoms with van der Waals surface area (Å²) in [6.07, 6.45) is 0. The molecule has 1 amide bonds. The van der Waals surface area contributed by atoms with E-state index in [-0.39, 0.29) is 24.1 Å². The smallest absolute Gasteiger partial charge is 0.260 e. The molecule has 0 saturated carbocycles. The summed E-state index contributed by atoms with van der Waals surface area (Å²) < 4.78 is 32.2. The van der Waals surface area contributed by atoms with Crippen molar-refractivity contribution >= 4 is 21.8 Å². The maximum Gasteiger partial charge on any atom is 0.260 e. The minimum Gasteiger partial charge on any atom is -0.481 e. The van der Waals surface area contributed by atoms with Crippen LogP contribution in [0.3, 0.4) is 0 Å². The summed E-state index contributed by atoms with van der Waals surface area (Å²) in [7, 11) is 1.60. The molecule has 22 heavy (non-hydrogen) atoms. The van der Waals surface area contributed by atoms with Crippen LogP contribution in [0.2, 0.25) is 0 Å². The molecule has 3 nitrogen and oxygen atoms in total. The Morgan fingerprint density at radius 1 is 1.18 bits per heavy atom. The third-order valence-electron chi connectivity index (χ3n) is 3.00. The minimum absolute atomic E-state index is 0.0201. The van der Waals surface area contributed by atoms with E-state index in [9.17, 15) is 13.6 Å². The molecule has 0 aliphatic heterocycles. The average Bonchev–Trinajstić information content (AvgIpc) is 2.48. The van der Waals surface area contributed by atoms with Crippen LogP contribution in [0.25, 0.3) is 0 Å². The first kappa shape index (κ1) is 16.4. The van der Waals surface area contributed by atoms with E-state index in [0.29, 0.717) is 11.0 Å². The molecule has 116 valence electrons. The van der Waals surface area contributed by atoms with Gasteiger partial charge in [-0.3, -0.25) is 4.79 Å². The summed E-state index contributed by atoms with van der Waals surface area (Å²) in [4.78, 5) is 13.4. The second kappa shape index (κ2) is 7.35. The van der Waals surface area contributed by atoms with Crippen LogP contribution in [0, 0.1) is 11.6 Å². The third-order valence-corrected chi connectivity index (χ3v) is 3.50. The predicted molar refractivity (Wildman–Crippen MR) is 82.5 cm³/mol. The largest absolute Gasteiger partial charge is 0.481 e. The number of benzene rings is 2. The summed E-state index contributed by atoms with van der Waals surface area (Å²) >= 11 is 3.14. The van der Waals surface area contributed by atoms with Gasteiger partial charge in [0.2, 0.25) is 0 Å². The number of ether oxygens (including phenoxy) is 1. The SMILES string of the molecule is CN(Cc1ccc(F)cc1)C(=O)COc1ccc(Br)cc1F. The van der Waals surface area contributed by atoms with Crippen molar-refractivity contribution in [3.63, 3.8) is 0 Å². The third kappa shape index (κ3) is 4.53. The maximum absolute atomic E-state index is 13.6. The second-order valence-electron chi connectivity index (χ2n) is 4.74. The number of rotatable bonds is 5. The minimum atomic E-state index is -0.539. The number of hydrogen-bond donors (Lipinski definition) is 0. The van der Waals surface area contributed by atoms with Crippen LogP contribution < -0.4 is 4.74 Å². The molecule has 2 aromatic rings. The van der Waals surface area contributed by atoms with Crippen LogP contribution in [0.4, 0.5) is 8.78 Å². The quantitative estimate of drug-likeness (QED) is 0.802. The molecule has 0 bridgehead atoms. The van der Waals surface area contributed by atoms with Gasteiger partial charge in [0, 0.05) is 18.1 Å². The van der Waals surface area contributed by atoms with Crippen LogP contribution in [0.5, 0.6) is 5.75 Å². The summed E-state index contributed by atoms with van der Waals surface area (Å²) in [5, 5.41) is 0. The van der Waals surface area contributed by atoms with Gasteiger partial charge < -0.3 is 9.64 Å². The number of hydrogen-bond acceptors (Lipinski definition) is 2. The fourth-order valence-corrected chi connectivity index (χ4v) is 2.13. The van der Waals surface area contributed by atoms with E-state index in [1.165, 1.54) is 29.2 Å². The Hall–Kier alpha value is -1.95. The molecule has 0 heterocycles. The lowest BCUT2D eigenvalue weighted by atomic mass is 10.2. The van der Waals surface area contributed by atoms with Gasteiger partial charge in [0.15, 0.2) is 18.2 Å². The Labute approximate surface area is 135 Å². The highest BCUT2D eigenvalue weighted by Gasteiger charge is 2.12. The van der Waals surface area contributed by atoms with E-state index in [1.807, 2.05) is 0 Å². The number of carbonyl (C=O) groups excluding carboxylic acids is 1. The highest BCUT2D eigenvalue weighted by atomic mass is 79.9. The number of likely N-dealkylation sites (N-methyl/N-ethyl adjacent to an activating group) is 1. The van der Waals surface area contributed by atoms with Gasteiger partial charge in [0.05, 0.1) is 0 Å². The van der Waals surface area contributed by atoms with Crippen LogP contribution in [0.1, 0.15) is 5.56 Å². The Bertz CT molecular complexity index is 662. The molecule has 0 unspecified atom stereocenters. The lowest BCUT2D eigenvalue weighted by molar-refractivity contribution is -0.132. The zero-order chi connectivity index (χ0) is 16.1. The van der Waals surface area contributed by atoms with Crippen molar-refractivity contribution in [2.24, 2.45) is 0 Å². The lowest BCUT2D eigenvalue weighted by Gasteiger charge is -2.17. The lowest BCUT2D eigenvalue weighted by Crippen LogP contribution is -2.31. The van der Waals surface area contributed by atoms with Gasteiger partial charge >= 0.3 is 0 Å². The van der Waals surface area contributed by atoms with Gasteiger partial charge in [-0.15, -0.1) is 0 Å². The summed E-state index contributed by atoms with van der Waals surface area (Å²) in [5.41, 5.74) is 0.798. The Balaban J connectivity index is 1.89. The molecule has 0 fully saturated rings. The fraction of sp³-hybridized carbons (Fsp3) is 0.188. The van der Waals surface area contributed by atoms with Crippen LogP contribution in [-0.4, -0.2) is 24.5 Å². The molecule has 0 N–H and O–H groups in total. The molecule has 6 heteroatoms. The predicted octanol–water partition coefficient (Wildman–Crippen LogP) is 3.76. The van der Waals surface area contributed by atoms with Crippen molar-refractivity contribution in [3.8, 4) is 5.75 Å². The Kier molecular flexibility index (Phi) is 5.49. The van der Waals surface area contributed by atoms with Gasteiger partial charge in [-0.2, -0.15) is 0 Å². The van der Waals surface area contributed by atoms with Gasteiger partial charge in [0.1, 0.15) is 5.82 Å². The van der Waals surface area contributed by atoms with Crippen molar-refractivity contribution in [1.82, 2.24) is 4.90 Å². The van der Waals surface area contributed by atoms with E-state index in [2.05, 4.69) is 15.9 Å². The molecule has 0 radical (unpaired) electrons. The zero-order valence-electron chi connectivity index (χ0n) is 11.9. The Morgan fingerprint density at radius 2 is 1.86 bits per heavy atom. The standard InChI is InChI=1S/C16H14BrF2NO2/c1-20(9-11-2-5-13(18)6-3-11)16(21)10-22-15-7-4-12(17)8-14(15)19/h2-8H,9-10H2,1H3. The summed E-state index contributed by atoms with van der Waals surface area (Å²) in [6, 6.07) is 10.2. The molecule has 0 spiro atoms. The van der Waals surface area contributed by atoms with Crippen molar-refractivity contribution in [3.05, 3.63) is 64.1 Å². The molecule has 0 atom stereocenters. The topological polar surface area (TPSA) is 29.5 Å². The first-order valence-electron chi connectivity index (χ1n) is 6.52. The molecular formula is C16H14BrF2NO2. The summed E-state index contributed by atoms with van der Waals surface area (Å²) in [6.45, 7) is 0.0571. The summed E-state index contributed by atoms with van der Waals surface area (Å²) in [5.74, 6) is -1.14. The molecule has 0 aliphatic rings. The van der Waals surface area contributed by atoms with E-state index in [4.69, 9.17) is 4.74 Å². The van der Waals surface area contributed by atoms with Crippen LogP contribution in [0.15, 0.2) is 46.9 Å². The molecule has 0 aliphatic carbocycles. The monoisotopic (exact) mass is 369 g/mol.